The third-order valence-corrected chi connectivity index (χ3v) is 1.03. The molecule has 1 atom stereocenters. The van der Waals surface area contributed by atoms with E-state index in [4.69, 9.17) is 11.1 Å². The molecule has 14 heavy (non-hydrogen) atoms. The monoisotopic (exact) mass is 203 g/mol. The summed E-state index contributed by atoms with van der Waals surface area (Å²) in [5, 5.41) is 16.2. The minimum atomic E-state index is -0.463. The van der Waals surface area contributed by atoms with Gasteiger partial charge in [0.25, 0.3) is 0 Å². The standard InChI is InChI=1S/C4H11N8O2/c1-12(7-2-5,8-3-6)9-4-10-14-11-13/h2-4H,1H3,(H2,5,7)(H2,6,8)(H,9,10)/q+1. The summed E-state index contributed by atoms with van der Waals surface area (Å²) in [6.07, 6.45) is 2.90. The minimum absolute atomic E-state index is 0.463. The Morgan fingerprint density at radius 3 is 2.79 bits per heavy atom. The van der Waals surface area contributed by atoms with Crippen LogP contribution in [-0.4, -0.2) is 30.9 Å². The first-order valence-electron chi connectivity index (χ1n) is 3.36. The lowest BCUT2D eigenvalue weighted by molar-refractivity contribution is -0.954. The van der Waals surface area contributed by atoms with Gasteiger partial charge in [-0.05, 0) is 10.2 Å². The van der Waals surface area contributed by atoms with Gasteiger partial charge >= 0.3 is 0 Å². The Balaban J connectivity index is 4.26. The number of nitrogens with two attached hydrogens (primary N) is 1. The third-order valence-electron chi connectivity index (χ3n) is 1.03. The maximum Gasteiger partial charge on any atom is 0.187 e. The van der Waals surface area contributed by atoms with Crippen LogP contribution in [0.3, 0.4) is 0 Å². The second-order valence-electron chi connectivity index (χ2n) is 1.98. The Bertz CT molecular complexity index is 239. The average molecular weight is 203 g/mol. The van der Waals surface area contributed by atoms with Crippen LogP contribution in [0.2, 0.25) is 0 Å². The molecule has 0 aliphatic heterocycles. The average Bonchev–Trinajstić information content (AvgIpc) is 2.13. The van der Waals surface area contributed by atoms with E-state index in [9.17, 15) is 4.91 Å². The lowest BCUT2D eigenvalue weighted by Crippen LogP contribution is -2.46. The van der Waals surface area contributed by atoms with E-state index in [1.54, 1.807) is 0 Å². The zero-order chi connectivity index (χ0) is 10.9. The van der Waals surface area contributed by atoms with E-state index in [-0.39, 0.29) is 0 Å². The van der Waals surface area contributed by atoms with Crippen molar-refractivity contribution in [3.63, 3.8) is 0 Å². The largest absolute Gasteiger partial charge is 0.385 e. The first-order valence-corrected chi connectivity index (χ1v) is 3.36. The van der Waals surface area contributed by atoms with Gasteiger partial charge in [-0.3, -0.25) is 5.41 Å². The number of nitrogens with one attached hydrogen (secondary N) is 3. The van der Waals surface area contributed by atoms with Crippen LogP contribution in [0.5, 0.6) is 0 Å². The van der Waals surface area contributed by atoms with Gasteiger partial charge in [0.2, 0.25) is 0 Å². The maximum absolute atomic E-state index is 9.48. The molecular weight excluding hydrogens is 192 g/mol. The summed E-state index contributed by atoms with van der Waals surface area (Å²) in [6.45, 7) is 0. The van der Waals surface area contributed by atoms with Crippen LogP contribution in [0.1, 0.15) is 0 Å². The Labute approximate surface area is 79.3 Å². The summed E-state index contributed by atoms with van der Waals surface area (Å²) >= 11 is 0. The van der Waals surface area contributed by atoms with Crippen molar-refractivity contribution in [1.29, 1.82) is 5.41 Å². The Morgan fingerprint density at radius 1 is 1.57 bits per heavy atom. The highest BCUT2D eigenvalue weighted by atomic mass is 16.8. The molecular formula is C4H11N8O2+. The molecule has 0 radical (unpaired) electrons. The first kappa shape index (κ1) is 11.8. The summed E-state index contributed by atoms with van der Waals surface area (Å²) < 4.78 is 0. The lowest BCUT2D eigenvalue weighted by Gasteiger charge is -2.16. The first-order chi connectivity index (χ1) is 6.68. The minimum Gasteiger partial charge on any atom is -0.385 e. The van der Waals surface area contributed by atoms with Crippen molar-refractivity contribution in [2.75, 3.05) is 7.05 Å². The fourth-order valence-electron chi connectivity index (χ4n) is 0.530. The van der Waals surface area contributed by atoms with Crippen LogP contribution in [-0.2, 0) is 4.94 Å². The topological polar surface area (TPSA) is 137 Å². The zero-order valence-electron chi connectivity index (χ0n) is 7.41. The van der Waals surface area contributed by atoms with E-state index in [2.05, 4.69) is 25.9 Å². The molecule has 0 aromatic rings. The molecule has 5 N–H and O–H groups in total. The molecule has 0 rings (SSSR count). The van der Waals surface area contributed by atoms with Crippen molar-refractivity contribution in [2.45, 2.75) is 0 Å². The second kappa shape index (κ2) is 6.30. The second-order valence-corrected chi connectivity index (χ2v) is 1.98. The van der Waals surface area contributed by atoms with Gasteiger partial charge in [-0.15, -0.1) is 4.91 Å². The molecule has 0 saturated carbocycles. The maximum atomic E-state index is 9.48. The van der Waals surface area contributed by atoms with Crippen LogP contribution in [0.4, 0.5) is 0 Å². The molecule has 0 bridgehead atoms. The van der Waals surface area contributed by atoms with Crippen molar-refractivity contribution < 1.29 is 9.75 Å². The Morgan fingerprint density at radius 2 is 2.29 bits per heavy atom. The SMILES string of the molecule is C[N+](N=CN)(N=CNON=O)NC=N. The smallest absolute Gasteiger partial charge is 0.187 e. The van der Waals surface area contributed by atoms with Crippen LogP contribution in [0, 0.1) is 10.3 Å². The highest BCUT2D eigenvalue weighted by Gasteiger charge is 2.17. The summed E-state index contributed by atoms with van der Waals surface area (Å²) in [4.78, 5) is 12.9. The fourth-order valence-corrected chi connectivity index (χ4v) is 0.530. The number of quaternary nitrogens is 1. The van der Waals surface area contributed by atoms with Gasteiger partial charge in [-0.1, -0.05) is 0 Å². The van der Waals surface area contributed by atoms with Gasteiger partial charge < -0.3 is 5.73 Å². The number of nitrogens with zero attached hydrogens (tertiary/aromatic N) is 4. The highest BCUT2D eigenvalue weighted by Crippen LogP contribution is 1.95. The van der Waals surface area contributed by atoms with Gasteiger partial charge in [0.05, 0.1) is 0 Å². The molecule has 1 unspecified atom stereocenters. The molecule has 0 aromatic heterocycles. The normalized spacial score (nSPS) is 14.9. The lowest BCUT2D eigenvalue weighted by atomic mass is 11.1. The van der Waals surface area contributed by atoms with E-state index in [1.165, 1.54) is 7.05 Å². The summed E-state index contributed by atoms with van der Waals surface area (Å²) in [7, 11) is 1.49. The molecule has 0 saturated heterocycles. The van der Waals surface area contributed by atoms with Crippen LogP contribution < -0.4 is 16.6 Å². The molecule has 0 amide bonds. The van der Waals surface area contributed by atoms with Crippen LogP contribution >= 0.6 is 0 Å². The summed E-state index contributed by atoms with van der Waals surface area (Å²) in [5.41, 5.74) is 9.49. The molecule has 0 aliphatic rings. The number of rotatable bonds is 7. The van der Waals surface area contributed by atoms with Gasteiger partial charge in [-0.2, -0.15) is 10.9 Å². The van der Waals surface area contributed by atoms with Crippen molar-refractivity contribution in [1.82, 2.24) is 10.9 Å². The van der Waals surface area contributed by atoms with E-state index in [1.807, 2.05) is 5.48 Å². The van der Waals surface area contributed by atoms with E-state index < -0.39 is 4.81 Å². The molecule has 0 spiro atoms. The van der Waals surface area contributed by atoms with Crippen molar-refractivity contribution in [3.05, 3.63) is 4.91 Å². The van der Waals surface area contributed by atoms with Gasteiger partial charge in [0.15, 0.2) is 11.7 Å². The van der Waals surface area contributed by atoms with Crippen molar-refractivity contribution in [3.8, 4) is 0 Å². The molecule has 78 valence electrons. The van der Waals surface area contributed by atoms with Gasteiger partial charge in [0.1, 0.15) is 19.7 Å². The zero-order valence-corrected chi connectivity index (χ0v) is 7.41. The van der Waals surface area contributed by atoms with Crippen molar-refractivity contribution >= 4 is 19.0 Å². The van der Waals surface area contributed by atoms with Gasteiger partial charge in [-0.25, -0.2) is 4.94 Å². The molecule has 0 aromatic carbocycles. The number of hydroxylamine groups is 1. The van der Waals surface area contributed by atoms with Gasteiger partial charge in [0, 0.05) is 4.81 Å². The summed E-state index contributed by atoms with van der Waals surface area (Å²) in [6, 6.07) is 0. The molecule has 10 heteroatoms. The third kappa shape index (κ3) is 4.61. The van der Waals surface area contributed by atoms with Crippen molar-refractivity contribution in [2.24, 2.45) is 21.3 Å². The predicted molar refractivity (Wildman–Crippen MR) is 49.3 cm³/mol. The molecule has 0 aliphatic carbocycles. The Kier molecular flexibility index (Phi) is 5.30. The van der Waals surface area contributed by atoms with E-state index in [0.29, 0.717) is 0 Å². The van der Waals surface area contributed by atoms with Crippen LogP contribution in [0.15, 0.2) is 15.5 Å². The fraction of sp³-hybridized carbons (Fsp3) is 0.250. The molecule has 10 nitrogen and oxygen atoms in total. The predicted octanol–water partition coefficient (Wildman–Crippen LogP) is -1.41. The molecule has 0 fully saturated rings. The van der Waals surface area contributed by atoms with E-state index in [0.717, 1.165) is 19.0 Å². The number of hydrogen-bond donors (Lipinski definition) is 4. The number of hydrogen-bond acceptors (Lipinski definition) is 6. The van der Waals surface area contributed by atoms with Crippen LogP contribution in [0.25, 0.3) is 0 Å². The van der Waals surface area contributed by atoms with E-state index >= 15 is 0 Å². The highest BCUT2D eigenvalue weighted by molar-refractivity contribution is 5.53. The Hall–Kier alpha value is -2.23. The molecule has 0 heterocycles. The quantitative estimate of drug-likeness (QED) is 0.101. The summed E-state index contributed by atoms with van der Waals surface area (Å²) in [5.74, 6) is 0.